The fourth-order valence-corrected chi connectivity index (χ4v) is 4.14. The van der Waals surface area contributed by atoms with Crippen molar-refractivity contribution < 1.29 is 29.3 Å². The molecule has 6 nitrogen and oxygen atoms in total. The fraction of sp³-hybridized carbons (Fsp3) is 0.429. The second-order valence-electron chi connectivity index (χ2n) is 4.49. The van der Waals surface area contributed by atoms with Crippen LogP contribution < -0.4 is 0 Å². The maximum atomic E-state index is 12.4. The summed E-state index contributed by atoms with van der Waals surface area (Å²) in [4.78, 5) is 24.7. The molecule has 0 spiro atoms. The Bertz CT molecular complexity index is 634. The molecule has 0 saturated heterocycles. The molecule has 0 fully saturated rings. The lowest BCUT2D eigenvalue weighted by molar-refractivity contribution is 0.0191. The molecule has 1 aromatic carbocycles. The minimum absolute atomic E-state index is 0.000415. The van der Waals surface area contributed by atoms with Gasteiger partial charge in [0, 0.05) is 24.5 Å². The summed E-state index contributed by atoms with van der Waals surface area (Å²) in [5, 5.41) is 18.3. The third kappa shape index (κ3) is 5.25. The van der Waals surface area contributed by atoms with Crippen molar-refractivity contribution in [2.45, 2.75) is 19.4 Å². The first-order valence-corrected chi connectivity index (χ1v) is 9.92. The van der Waals surface area contributed by atoms with E-state index < -0.39 is 18.0 Å². The van der Waals surface area contributed by atoms with E-state index in [1.165, 1.54) is 0 Å². The Morgan fingerprint density at radius 3 is 1.83 bits per heavy atom. The van der Waals surface area contributed by atoms with Gasteiger partial charge in [-0.15, -0.1) is 0 Å². The Kier molecular flexibility index (Phi) is 9.39. The van der Waals surface area contributed by atoms with Crippen molar-refractivity contribution in [2.75, 3.05) is 19.8 Å². The lowest BCUT2D eigenvalue weighted by Gasteiger charge is -2.16. The number of hydrogen-bond acceptors (Lipinski definition) is 6. The van der Waals surface area contributed by atoms with Gasteiger partial charge < -0.3 is 19.7 Å². The van der Waals surface area contributed by atoms with E-state index in [1.807, 2.05) is 0 Å². The predicted molar refractivity (Wildman–Crippen MR) is 101 cm³/mol. The summed E-state index contributed by atoms with van der Waals surface area (Å²) in [5.41, 5.74) is -0.0351. The molecule has 0 aliphatic heterocycles. The number of hydrogen-bond donors (Lipinski definition) is 2. The minimum atomic E-state index is -0.994. The van der Waals surface area contributed by atoms with Crippen molar-refractivity contribution >= 4 is 75.7 Å². The number of rotatable bonds is 7. The number of aliphatic hydroxyl groups excluding tert-OH is 2. The molecule has 0 saturated carbocycles. The fourth-order valence-electron chi connectivity index (χ4n) is 1.69. The van der Waals surface area contributed by atoms with Gasteiger partial charge in [-0.05, 0) is 77.1 Å². The monoisotopic (exact) mass is 594 g/mol. The number of ether oxygens (including phenoxy) is 2. The molecule has 24 heavy (non-hydrogen) atoms. The molecule has 10 heteroatoms. The lowest BCUT2D eigenvalue weighted by atomic mass is 10.1. The van der Waals surface area contributed by atoms with Crippen LogP contribution in [0.2, 0.25) is 0 Å². The van der Waals surface area contributed by atoms with Crippen LogP contribution in [0, 0.1) is 0 Å². The third-order valence-corrected chi connectivity index (χ3v) is 7.59. The van der Waals surface area contributed by atoms with E-state index in [2.05, 4.69) is 63.7 Å². The first kappa shape index (κ1) is 22.0. The quantitative estimate of drug-likeness (QED) is 0.282. The summed E-state index contributed by atoms with van der Waals surface area (Å²) in [5.74, 6) is -1.50. The summed E-state index contributed by atoms with van der Waals surface area (Å²) in [6.45, 7) is 1.25. The first-order chi connectivity index (χ1) is 11.3. The highest BCUT2D eigenvalue weighted by Crippen LogP contribution is 2.42. The van der Waals surface area contributed by atoms with Crippen molar-refractivity contribution in [3.8, 4) is 0 Å². The SMILES string of the molecule is CCOC(=O)c1c(Br)c(Br)c(Br)c(Br)c1C(=O)OCC(O)CCO. The molecule has 1 rings (SSSR count). The zero-order valence-electron chi connectivity index (χ0n) is 12.4. The lowest BCUT2D eigenvalue weighted by Crippen LogP contribution is -2.22. The highest BCUT2D eigenvalue weighted by molar-refractivity contribution is 9.15. The van der Waals surface area contributed by atoms with Gasteiger partial charge in [0.1, 0.15) is 6.61 Å². The molecule has 1 aromatic rings. The first-order valence-electron chi connectivity index (χ1n) is 6.75. The van der Waals surface area contributed by atoms with E-state index in [0.29, 0.717) is 17.9 Å². The zero-order chi connectivity index (χ0) is 18.4. The summed E-state index contributed by atoms with van der Waals surface area (Å²) in [6, 6.07) is 0. The van der Waals surface area contributed by atoms with Gasteiger partial charge in [-0.1, -0.05) is 0 Å². The van der Waals surface area contributed by atoms with Crippen LogP contribution in [0.5, 0.6) is 0 Å². The molecule has 1 unspecified atom stereocenters. The molecule has 0 aliphatic carbocycles. The largest absolute Gasteiger partial charge is 0.462 e. The van der Waals surface area contributed by atoms with Gasteiger partial charge in [-0.25, -0.2) is 9.59 Å². The number of halogens is 4. The summed E-state index contributed by atoms with van der Waals surface area (Å²) < 4.78 is 11.7. The molecular formula is C14H14Br4O6. The zero-order valence-corrected chi connectivity index (χ0v) is 18.8. The normalized spacial score (nSPS) is 12.0. The van der Waals surface area contributed by atoms with Crippen LogP contribution in [0.15, 0.2) is 17.9 Å². The van der Waals surface area contributed by atoms with Gasteiger partial charge in [0.2, 0.25) is 0 Å². The number of aliphatic hydroxyl groups is 2. The van der Waals surface area contributed by atoms with E-state index in [-0.39, 0.29) is 37.4 Å². The van der Waals surface area contributed by atoms with Crippen LogP contribution in [-0.2, 0) is 9.47 Å². The van der Waals surface area contributed by atoms with Crippen LogP contribution in [0.25, 0.3) is 0 Å². The van der Waals surface area contributed by atoms with Crippen molar-refractivity contribution in [1.82, 2.24) is 0 Å². The number of carbonyl (C=O) groups excluding carboxylic acids is 2. The highest BCUT2D eigenvalue weighted by Gasteiger charge is 2.30. The molecule has 1 atom stereocenters. The van der Waals surface area contributed by atoms with Gasteiger partial charge in [-0.3, -0.25) is 0 Å². The molecule has 0 amide bonds. The average molecular weight is 598 g/mol. The summed E-state index contributed by atoms with van der Waals surface area (Å²) in [6.07, 6.45) is -0.918. The van der Waals surface area contributed by atoms with Crippen molar-refractivity contribution in [1.29, 1.82) is 0 Å². The van der Waals surface area contributed by atoms with Crippen LogP contribution in [0.1, 0.15) is 34.1 Å². The molecule has 0 aliphatic rings. The van der Waals surface area contributed by atoms with Gasteiger partial charge in [-0.2, -0.15) is 0 Å². The number of esters is 2. The molecule has 0 radical (unpaired) electrons. The maximum Gasteiger partial charge on any atom is 0.340 e. The van der Waals surface area contributed by atoms with E-state index in [9.17, 15) is 14.7 Å². The number of benzene rings is 1. The molecule has 0 aromatic heterocycles. The highest BCUT2D eigenvalue weighted by atomic mass is 79.9. The smallest absolute Gasteiger partial charge is 0.340 e. The second-order valence-corrected chi connectivity index (χ2v) is 7.66. The van der Waals surface area contributed by atoms with Crippen LogP contribution in [0.3, 0.4) is 0 Å². The van der Waals surface area contributed by atoms with Gasteiger partial charge >= 0.3 is 11.9 Å². The van der Waals surface area contributed by atoms with E-state index in [1.54, 1.807) is 6.92 Å². The molecule has 2 N–H and O–H groups in total. The van der Waals surface area contributed by atoms with Crippen LogP contribution >= 0.6 is 63.7 Å². The van der Waals surface area contributed by atoms with Crippen molar-refractivity contribution in [3.63, 3.8) is 0 Å². The Balaban J connectivity index is 3.29. The second kappa shape index (κ2) is 10.2. The Morgan fingerprint density at radius 2 is 1.42 bits per heavy atom. The Hall–Kier alpha value is -0.000000000000000153. The topological polar surface area (TPSA) is 93.1 Å². The maximum absolute atomic E-state index is 12.4. The molecular weight excluding hydrogens is 584 g/mol. The van der Waals surface area contributed by atoms with E-state index >= 15 is 0 Å². The molecule has 134 valence electrons. The summed E-state index contributed by atoms with van der Waals surface area (Å²) in [7, 11) is 0. The van der Waals surface area contributed by atoms with Gasteiger partial charge in [0.05, 0.1) is 23.8 Å². The predicted octanol–water partition coefficient (Wildman–Crippen LogP) is 3.81. The van der Waals surface area contributed by atoms with Crippen molar-refractivity contribution in [3.05, 3.63) is 29.0 Å². The standard InChI is InChI=1S/C14H14Br4O6/c1-2-23-13(21)7-8(10(16)12(18)11(17)9(7)15)14(22)24-5-6(20)3-4-19/h6,19-20H,2-5H2,1H3. The van der Waals surface area contributed by atoms with Gasteiger partial charge in [0.15, 0.2) is 0 Å². The summed E-state index contributed by atoms with van der Waals surface area (Å²) >= 11 is 13.2. The van der Waals surface area contributed by atoms with E-state index in [4.69, 9.17) is 14.6 Å². The van der Waals surface area contributed by atoms with Crippen LogP contribution in [0.4, 0.5) is 0 Å². The number of carbonyl (C=O) groups is 2. The van der Waals surface area contributed by atoms with Gasteiger partial charge in [0.25, 0.3) is 0 Å². The average Bonchev–Trinajstić information content (AvgIpc) is 2.54. The molecule has 0 heterocycles. The minimum Gasteiger partial charge on any atom is -0.462 e. The Labute approximate surface area is 172 Å². The van der Waals surface area contributed by atoms with Crippen molar-refractivity contribution in [2.24, 2.45) is 0 Å². The Morgan fingerprint density at radius 1 is 0.958 bits per heavy atom. The third-order valence-electron chi connectivity index (χ3n) is 2.82. The molecule has 0 bridgehead atoms. The van der Waals surface area contributed by atoms with E-state index in [0.717, 1.165) is 0 Å². The van der Waals surface area contributed by atoms with Crippen LogP contribution in [-0.4, -0.2) is 48.1 Å².